The van der Waals surface area contributed by atoms with E-state index in [2.05, 4.69) is 46.8 Å². The van der Waals surface area contributed by atoms with E-state index in [1.807, 2.05) is 12.2 Å². The predicted octanol–water partition coefficient (Wildman–Crippen LogP) is 5.17. The van der Waals surface area contributed by atoms with Crippen LogP contribution in [-0.2, 0) is 23.7 Å². The molecule has 3 saturated heterocycles. The zero-order valence-electron chi connectivity index (χ0n) is 25.0. The van der Waals surface area contributed by atoms with Crippen molar-refractivity contribution in [1.29, 1.82) is 0 Å². The molecule has 1 spiro atoms. The van der Waals surface area contributed by atoms with E-state index in [4.69, 9.17) is 18.9 Å². The van der Waals surface area contributed by atoms with Crippen LogP contribution in [0.15, 0.2) is 47.1 Å². The van der Waals surface area contributed by atoms with Crippen LogP contribution in [-0.4, -0.2) is 64.7 Å². The molecular formula is C33H48O7. The molecule has 4 unspecified atom stereocenters. The Morgan fingerprint density at radius 1 is 1.12 bits per heavy atom. The van der Waals surface area contributed by atoms with Gasteiger partial charge in [0.1, 0.15) is 29.8 Å². The molecule has 3 fully saturated rings. The number of aliphatic hydroxyl groups excluding tert-OH is 1. The van der Waals surface area contributed by atoms with Crippen LogP contribution in [0.5, 0.6) is 0 Å². The maximum Gasteiger partial charge on any atom is 0.316 e. The quantitative estimate of drug-likeness (QED) is 0.340. The van der Waals surface area contributed by atoms with Gasteiger partial charge in [0.25, 0.3) is 0 Å². The van der Waals surface area contributed by atoms with Crippen LogP contribution in [0.1, 0.15) is 80.1 Å². The number of carbonyl (C=O) groups excluding carboxylic acids is 1. The van der Waals surface area contributed by atoms with Gasteiger partial charge < -0.3 is 29.2 Å². The van der Waals surface area contributed by atoms with E-state index in [0.717, 1.165) is 25.7 Å². The number of ether oxygens (including phenoxy) is 4. The summed E-state index contributed by atoms with van der Waals surface area (Å²) in [6, 6.07) is 0. The topological polar surface area (TPSA) is 94.5 Å². The normalized spacial score (nSPS) is 47.9. The van der Waals surface area contributed by atoms with Crippen LogP contribution in [0.2, 0.25) is 0 Å². The highest BCUT2D eigenvalue weighted by molar-refractivity contribution is 5.78. The Hall–Kier alpha value is -1.77. The first kappa shape index (κ1) is 29.7. The van der Waals surface area contributed by atoms with E-state index < -0.39 is 41.6 Å². The molecule has 222 valence electrons. The van der Waals surface area contributed by atoms with E-state index in [-0.39, 0.29) is 24.7 Å². The number of rotatable bonds is 1. The third-order valence-corrected chi connectivity index (χ3v) is 9.67. The molecule has 7 nitrogen and oxygen atoms in total. The minimum atomic E-state index is -1.68. The summed E-state index contributed by atoms with van der Waals surface area (Å²) in [6.45, 7) is 12.8. The van der Waals surface area contributed by atoms with Crippen LogP contribution in [0, 0.1) is 23.7 Å². The Bertz CT molecular complexity index is 1090. The van der Waals surface area contributed by atoms with Gasteiger partial charge in [-0.2, -0.15) is 0 Å². The second-order valence-corrected chi connectivity index (χ2v) is 13.4. The fourth-order valence-electron chi connectivity index (χ4n) is 7.48. The Morgan fingerprint density at radius 3 is 2.65 bits per heavy atom. The van der Waals surface area contributed by atoms with Gasteiger partial charge in [0.2, 0.25) is 0 Å². The van der Waals surface area contributed by atoms with Gasteiger partial charge in [0, 0.05) is 19.3 Å². The van der Waals surface area contributed by atoms with Gasteiger partial charge in [0.15, 0.2) is 5.79 Å². The number of hydrogen-bond acceptors (Lipinski definition) is 7. The van der Waals surface area contributed by atoms with Crippen molar-refractivity contribution >= 4 is 5.97 Å². The molecule has 2 bridgehead atoms. The summed E-state index contributed by atoms with van der Waals surface area (Å²) >= 11 is 0. The average Bonchev–Trinajstić information content (AvgIpc) is 3.23. The van der Waals surface area contributed by atoms with E-state index in [1.54, 1.807) is 13.0 Å². The van der Waals surface area contributed by atoms with Crippen molar-refractivity contribution in [2.75, 3.05) is 6.61 Å². The molecule has 0 aromatic rings. The van der Waals surface area contributed by atoms with E-state index in [9.17, 15) is 15.0 Å². The van der Waals surface area contributed by atoms with E-state index >= 15 is 0 Å². The fourth-order valence-corrected chi connectivity index (χ4v) is 7.48. The number of carbonyl (C=O) groups is 1. The molecule has 5 rings (SSSR count). The summed E-state index contributed by atoms with van der Waals surface area (Å²) in [5.74, 6) is -1.22. The summed E-state index contributed by atoms with van der Waals surface area (Å²) in [6.07, 6.45) is 11.8. The minimum absolute atomic E-state index is 0.0712. The monoisotopic (exact) mass is 556 g/mol. The molecule has 7 heteroatoms. The lowest BCUT2D eigenvalue weighted by Gasteiger charge is -2.50. The fraction of sp³-hybridized carbons (Fsp3) is 0.727. The van der Waals surface area contributed by atoms with Gasteiger partial charge in [0.05, 0.1) is 18.8 Å². The molecular weight excluding hydrogens is 508 g/mol. The predicted molar refractivity (Wildman–Crippen MR) is 152 cm³/mol. The van der Waals surface area contributed by atoms with Gasteiger partial charge in [-0.3, -0.25) is 4.79 Å². The van der Waals surface area contributed by atoms with Crippen molar-refractivity contribution in [3.8, 4) is 0 Å². The van der Waals surface area contributed by atoms with Crippen LogP contribution < -0.4 is 0 Å². The lowest BCUT2D eigenvalue weighted by molar-refractivity contribution is -0.340. The molecule has 5 aliphatic rings. The van der Waals surface area contributed by atoms with Gasteiger partial charge in [-0.05, 0) is 62.0 Å². The van der Waals surface area contributed by atoms with Gasteiger partial charge in [-0.25, -0.2) is 0 Å². The molecule has 4 aliphatic heterocycles. The van der Waals surface area contributed by atoms with Crippen LogP contribution >= 0.6 is 0 Å². The number of allylic oxidation sites excluding steroid dienone is 4. The van der Waals surface area contributed by atoms with Crippen LogP contribution in [0.25, 0.3) is 0 Å². The lowest BCUT2D eigenvalue weighted by Crippen LogP contribution is -2.58. The SMILES string of the molecule is CC1=CC2C(=O)OC3CC(C/C=C(/C)C[C@@H](C)/C=C/C=C4/COC([C@@H]1O)[C@@]42O)O[C@@]1(CC[C@H](C)[C@@H](C(C)C)O1)C3. The molecule has 10 atom stereocenters. The van der Waals surface area contributed by atoms with Crippen molar-refractivity contribution in [2.24, 2.45) is 23.7 Å². The highest BCUT2D eigenvalue weighted by atomic mass is 16.7. The molecule has 0 radical (unpaired) electrons. The minimum Gasteiger partial charge on any atom is -0.462 e. The highest BCUT2D eigenvalue weighted by Crippen LogP contribution is 2.47. The third-order valence-electron chi connectivity index (χ3n) is 9.67. The molecule has 0 aromatic carbocycles. The second-order valence-electron chi connectivity index (χ2n) is 13.4. The summed E-state index contributed by atoms with van der Waals surface area (Å²) < 4.78 is 25.6. The molecule has 4 heterocycles. The van der Waals surface area contributed by atoms with Gasteiger partial charge in [-0.1, -0.05) is 63.6 Å². The number of aliphatic hydroxyl groups is 2. The van der Waals surface area contributed by atoms with E-state index in [1.165, 1.54) is 5.57 Å². The van der Waals surface area contributed by atoms with Gasteiger partial charge >= 0.3 is 5.97 Å². The zero-order chi connectivity index (χ0) is 28.8. The first-order valence-corrected chi connectivity index (χ1v) is 15.2. The first-order chi connectivity index (χ1) is 18.9. The van der Waals surface area contributed by atoms with Crippen molar-refractivity contribution in [1.82, 2.24) is 0 Å². The standard InChI is InChI=1S/C33H48O7/c1-19(2)29-22(5)12-13-32(40-29)17-26-16-25(39-32)11-10-21(4)14-20(3)8-7-9-24-18-37-30-28(34)23(6)15-27(31(35)38-26)33(24,30)36/h7-10,15,19-20,22,25-30,34,36H,11-14,16-18H2,1-6H3/b8-7+,21-10-,24-9-/t20-,22-,25?,26?,27?,28+,29+,30?,32+,33+/m0/s1. The lowest BCUT2D eigenvalue weighted by atomic mass is 9.71. The molecule has 40 heavy (non-hydrogen) atoms. The van der Waals surface area contributed by atoms with Gasteiger partial charge in [-0.15, -0.1) is 0 Å². The second kappa shape index (κ2) is 11.5. The highest BCUT2D eigenvalue weighted by Gasteiger charge is 2.60. The molecule has 2 N–H and O–H groups in total. The number of fused-ring (bicyclic) bond motifs is 2. The van der Waals surface area contributed by atoms with Crippen molar-refractivity contribution in [3.63, 3.8) is 0 Å². The summed E-state index contributed by atoms with van der Waals surface area (Å²) in [7, 11) is 0. The van der Waals surface area contributed by atoms with Crippen molar-refractivity contribution in [3.05, 3.63) is 47.1 Å². The number of hydrogen-bond donors (Lipinski definition) is 2. The molecule has 0 amide bonds. The first-order valence-electron chi connectivity index (χ1n) is 15.2. The molecule has 0 aromatic heterocycles. The Balaban J connectivity index is 1.51. The van der Waals surface area contributed by atoms with E-state index in [0.29, 0.717) is 35.8 Å². The van der Waals surface area contributed by atoms with Crippen molar-refractivity contribution < 1.29 is 34.0 Å². The maximum absolute atomic E-state index is 13.9. The van der Waals surface area contributed by atoms with Crippen LogP contribution in [0.3, 0.4) is 0 Å². The Labute approximate surface area is 239 Å². The Morgan fingerprint density at radius 2 is 1.90 bits per heavy atom. The summed E-state index contributed by atoms with van der Waals surface area (Å²) in [5, 5.41) is 22.9. The van der Waals surface area contributed by atoms with Crippen LogP contribution in [0.4, 0.5) is 0 Å². The third kappa shape index (κ3) is 5.65. The molecule has 1 aliphatic carbocycles. The Kier molecular flexibility index (Phi) is 8.53. The zero-order valence-corrected chi connectivity index (χ0v) is 25.0. The molecule has 0 saturated carbocycles. The summed E-state index contributed by atoms with van der Waals surface area (Å²) in [4.78, 5) is 13.9. The average molecular weight is 557 g/mol. The van der Waals surface area contributed by atoms with Crippen molar-refractivity contribution in [2.45, 2.75) is 122 Å². The largest absolute Gasteiger partial charge is 0.462 e. The maximum atomic E-state index is 13.9. The number of esters is 1. The smallest absolute Gasteiger partial charge is 0.316 e. The summed E-state index contributed by atoms with van der Waals surface area (Å²) in [5.41, 5.74) is 0.780.